The van der Waals surface area contributed by atoms with Gasteiger partial charge in [-0.3, -0.25) is 9.47 Å². The second kappa shape index (κ2) is 9.71. The molecule has 0 spiro atoms. The molecular weight excluding hydrogens is 455 g/mol. The summed E-state index contributed by atoms with van der Waals surface area (Å²) in [5, 5.41) is 18.1. The van der Waals surface area contributed by atoms with Crippen molar-refractivity contribution in [1.29, 1.82) is 0 Å². The second-order valence-electron chi connectivity index (χ2n) is 8.54. The van der Waals surface area contributed by atoms with E-state index in [4.69, 9.17) is 8.83 Å². The van der Waals surface area contributed by atoms with Gasteiger partial charge in [-0.05, 0) is 77.0 Å². The van der Waals surface area contributed by atoms with Crippen LogP contribution >= 0.6 is 11.8 Å². The number of aromatic nitrogens is 5. The molecule has 5 rings (SSSR count). The number of halogens is 1. The number of hydrogen-bond donors (Lipinski definition) is 0. The van der Waals surface area contributed by atoms with Crippen LogP contribution < -0.4 is 0 Å². The first-order chi connectivity index (χ1) is 16.5. The molecule has 1 aromatic carbocycles. The number of rotatable bonds is 7. The summed E-state index contributed by atoms with van der Waals surface area (Å²) in [5.41, 5.74) is 1.62. The van der Waals surface area contributed by atoms with Crippen LogP contribution in [0.15, 0.2) is 44.3 Å². The van der Waals surface area contributed by atoms with Crippen LogP contribution in [0.3, 0.4) is 0 Å². The molecule has 34 heavy (non-hydrogen) atoms. The van der Waals surface area contributed by atoms with E-state index in [1.54, 1.807) is 12.1 Å². The van der Waals surface area contributed by atoms with Crippen LogP contribution in [-0.4, -0.2) is 43.0 Å². The lowest BCUT2D eigenvalue weighted by atomic mass is 10.1. The van der Waals surface area contributed by atoms with E-state index in [9.17, 15) is 4.39 Å². The molecule has 0 unspecified atom stereocenters. The average Bonchev–Trinajstić information content (AvgIpc) is 3.56. The maximum absolute atomic E-state index is 13.6. The summed E-state index contributed by atoms with van der Waals surface area (Å²) in [7, 11) is 0. The Morgan fingerprint density at radius 3 is 2.47 bits per heavy atom. The Bertz CT molecular complexity index is 1260. The first-order valence-corrected chi connectivity index (χ1v) is 12.5. The van der Waals surface area contributed by atoms with Crippen LogP contribution in [0.1, 0.15) is 55.5 Å². The van der Waals surface area contributed by atoms with E-state index in [2.05, 4.69) is 32.2 Å². The van der Waals surface area contributed by atoms with Crippen LogP contribution in [0.5, 0.6) is 0 Å². The number of likely N-dealkylation sites (tertiary alicyclic amines) is 1. The zero-order valence-corrected chi connectivity index (χ0v) is 20.3. The molecular formula is C24H27FN6O2S. The first kappa shape index (κ1) is 22.8. The molecule has 1 atom stereocenters. The van der Waals surface area contributed by atoms with E-state index >= 15 is 0 Å². The van der Waals surface area contributed by atoms with E-state index in [1.807, 2.05) is 24.5 Å². The van der Waals surface area contributed by atoms with Crippen molar-refractivity contribution < 1.29 is 13.2 Å². The molecule has 0 bridgehead atoms. The maximum atomic E-state index is 13.6. The number of piperidine rings is 1. The lowest BCUT2D eigenvalue weighted by Gasteiger charge is -2.31. The molecule has 0 radical (unpaired) electrons. The highest BCUT2D eigenvalue weighted by Crippen LogP contribution is 2.32. The minimum Gasteiger partial charge on any atom is -0.466 e. The van der Waals surface area contributed by atoms with E-state index in [-0.39, 0.29) is 11.9 Å². The highest BCUT2D eigenvalue weighted by atomic mass is 32.2. The van der Waals surface area contributed by atoms with Gasteiger partial charge in [-0.2, -0.15) is 0 Å². The second-order valence-corrected chi connectivity index (χ2v) is 9.48. The Balaban J connectivity index is 1.40. The molecule has 3 aromatic heterocycles. The topological polar surface area (TPSA) is 86.0 Å². The molecule has 0 saturated carbocycles. The van der Waals surface area contributed by atoms with Crippen molar-refractivity contribution in [3.63, 3.8) is 0 Å². The van der Waals surface area contributed by atoms with Crippen molar-refractivity contribution >= 4 is 11.8 Å². The first-order valence-electron chi connectivity index (χ1n) is 11.5. The van der Waals surface area contributed by atoms with Crippen molar-refractivity contribution in [3.05, 3.63) is 59.4 Å². The Hall–Kier alpha value is -2.98. The summed E-state index contributed by atoms with van der Waals surface area (Å²) in [4.78, 5) is 2.43. The van der Waals surface area contributed by atoms with Crippen molar-refractivity contribution in [2.24, 2.45) is 0 Å². The third kappa shape index (κ3) is 4.65. The minimum absolute atomic E-state index is 0.0921. The number of aryl methyl sites for hydroxylation is 2. The van der Waals surface area contributed by atoms with Gasteiger partial charge in [0.15, 0.2) is 11.0 Å². The Labute approximate surface area is 201 Å². The fraction of sp³-hybridized carbons (Fsp3) is 0.417. The molecule has 178 valence electrons. The Morgan fingerprint density at radius 1 is 1.00 bits per heavy atom. The van der Waals surface area contributed by atoms with Gasteiger partial charge < -0.3 is 8.83 Å². The van der Waals surface area contributed by atoms with Gasteiger partial charge in [0.1, 0.15) is 17.3 Å². The standard InChI is InChI=1S/C24H27FN6O2S/c1-15-13-20(17(3)32-15)23-28-26-21(33-23)14-34-24-29-27-22(16(2)30-11-5-4-6-12-30)31(24)19-9-7-18(25)8-10-19/h7-10,13,16H,4-6,11-12,14H2,1-3H3/t16-/m0/s1. The molecule has 0 aliphatic carbocycles. The molecule has 1 saturated heterocycles. The Kier molecular flexibility index (Phi) is 6.51. The molecule has 10 heteroatoms. The molecule has 1 aliphatic rings. The van der Waals surface area contributed by atoms with E-state index in [0.717, 1.165) is 41.7 Å². The van der Waals surface area contributed by atoms with Crippen LogP contribution in [0.25, 0.3) is 17.1 Å². The molecule has 4 heterocycles. The summed E-state index contributed by atoms with van der Waals surface area (Å²) in [6, 6.07) is 8.40. The minimum atomic E-state index is -0.278. The van der Waals surface area contributed by atoms with Gasteiger partial charge in [-0.25, -0.2) is 4.39 Å². The quantitative estimate of drug-likeness (QED) is 0.319. The lowest BCUT2D eigenvalue weighted by molar-refractivity contribution is 0.167. The highest BCUT2D eigenvalue weighted by molar-refractivity contribution is 7.98. The van der Waals surface area contributed by atoms with Crippen molar-refractivity contribution in [2.75, 3.05) is 13.1 Å². The summed E-state index contributed by atoms with van der Waals surface area (Å²) in [6.45, 7) is 7.99. The van der Waals surface area contributed by atoms with Crippen LogP contribution in [0, 0.1) is 19.7 Å². The molecule has 4 aromatic rings. The predicted octanol–water partition coefficient (Wildman–Crippen LogP) is 5.51. The van der Waals surface area contributed by atoms with Crippen LogP contribution in [0.4, 0.5) is 4.39 Å². The van der Waals surface area contributed by atoms with E-state index in [1.165, 1.54) is 43.2 Å². The van der Waals surface area contributed by atoms with Crippen molar-refractivity contribution in [1.82, 2.24) is 29.9 Å². The van der Waals surface area contributed by atoms with Crippen LogP contribution in [-0.2, 0) is 5.75 Å². The third-order valence-corrected chi connectivity index (χ3v) is 7.03. The fourth-order valence-corrected chi connectivity index (χ4v) is 5.13. The number of hydrogen-bond acceptors (Lipinski definition) is 8. The summed E-state index contributed by atoms with van der Waals surface area (Å²) in [6.07, 6.45) is 3.64. The normalized spacial score (nSPS) is 15.6. The zero-order valence-electron chi connectivity index (χ0n) is 19.5. The number of thioether (sulfide) groups is 1. The summed E-state index contributed by atoms with van der Waals surface area (Å²) < 4.78 is 27.1. The number of nitrogens with zero attached hydrogens (tertiary/aromatic N) is 6. The molecule has 8 nitrogen and oxygen atoms in total. The Morgan fingerprint density at radius 2 is 1.76 bits per heavy atom. The largest absolute Gasteiger partial charge is 0.466 e. The predicted molar refractivity (Wildman–Crippen MR) is 126 cm³/mol. The van der Waals surface area contributed by atoms with Gasteiger partial charge >= 0.3 is 0 Å². The summed E-state index contributed by atoms with van der Waals surface area (Å²) >= 11 is 1.46. The van der Waals surface area contributed by atoms with Gasteiger partial charge in [0.25, 0.3) is 5.89 Å². The zero-order chi connectivity index (χ0) is 23.7. The van der Waals surface area contributed by atoms with Gasteiger partial charge in [0.2, 0.25) is 5.89 Å². The average molecular weight is 483 g/mol. The fourth-order valence-electron chi connectivity index (χ4n) is 4.34. The highest BCUT2D eigenvalue weighted by Gasteiger charge is 2.26. The van der Waals surface area contributed by atoms with E-state index < -0.39 is 0 Å². The van der Waals surface area contributed by atoms with Crippen LogP contribution in [0.2, 0.25) is 0 Å². The smallest absolute Gasteiger partial charge is 0.251 e. The SMILES string of the molecule is Cc1cc(-c2nnc(CSc3nnc([C@H](C)N4CCCCC4)n3-c3ccc(F)cc3)o2)c(C)o1. The molecule has 0 amide bonds. The lowest BCUT2D eigenvalue weighted by Crippen LogP contribution is -2.33. The summed E-state index contributed by atoms with van der Waals surface area (Å²) in [5.74, 6) is 3.45. The van der Waals surface area contributed by atoms with Gasteiger partial charge in [0, 0.05) is 5.69 Å². The van der Waals surface area contributed by atoms with Crippen molar-refractivity contribution in [2.45, 2.75) is 57.0 Å². The molecule has 1 aliphatic heterocycles. The number of benzene rings is 1. The number of furan rings is 1. The third-order valence-electron chi connectivity index (χ3n) is 6.12. The van der Waals surface area contributed by atoms with Gasteiger partial charge in [-0.1, -0.05) is 18.2 Å². The van der Waals surface area contributed by atoms with E-state index in [0.29, 0.717) is 22.7 Å². The molecule has 1 fully saturated rings. The van der Waals surface area contributed by atoms with Crippen molar-refractivity contribution in [3.8, 4) is 17.1 Å². The van der Waals surface area contributed by atoms with Gasteiger partial charge in [-0.15, -0.1) is 20.4 Å². The van der Waals surface area contributed by atoms with Gasteiger partial charge in [0.05, 0.1) is 17.4 Å². The molecule has 0 N–H and O–H groups in total. The maximum Gasteiger partial charge on any atom is 0.251 e. The monoisotopic (exact) mass is 482 g/mol.